The van der Waals surface area contributed by atoms with Crippen LogP contribution in [0.25, 0.3) is 0 Å². The van der Waals surface area contributed by atoms with Crippen molar-refractivity contribution in [2.24, 2.45) is 0 Å². The number of hydrogen-bond acceptors (Lipinski definition) is 3. The molecule has 1 aromatic rings. The lowest BCUT2D eigenvalue weighted by atomic mass is 9.81. The van der Waals surface area contributed by atoms with Crippen molar-refractivity contribution in [3.8, 4) is 0 Å². The fourth-order valence-electron chi connectivity index (χ4n) is 4.08. The van der Waals surface area contributed by atoms with Crippen LogP contribution in [0.5, 0.6) is 0 Å². The van der Waals surface area contributed by atoms with Crippen LogP contribution in [0.15, 0.2) is 23.1 Å². The fraction of sp³-hybridized carbons (Fsp3) is 0.647. The minimum atomic E-state index is -4.14. The molecule has 5 heteroatoms. The van der Waals surface area contributed by atoms with E-state index in [1.807, 2.05) is 13.0 Å². The van der Waals surface area contributed by atoms with E-state index in [0.717, 1.165) is 36.8 Å². The van der Waals surface area contributed by atoms with Gasteiger partial charge in [-0.3, -0.25) is 4.55 Å². The lowest BCUT2D eigenvalue weighted by Gasteiger charge is -2.35. The number of aryl methyl sites for hydroxylation is 1. The van der Waals surface area contributed by atoms with Crippen LogP contribution in [0.4, 0.5) is 0 Å². The lowest BCUT2D eigenvalue weighted by Crippen LogP contribution is -2.35. The van der Waals surface area contributed by atoms with E-state index >= 15 is 0 Å². The van der Waals surface area contributed by atoms with Gasteiger partial charge in [0, 0.05) is 6.04 Å². The average molecular weight is 323 g/mol. The molecule has 0 atom stereocenters. The molecule has 2 aliphatic rings. The van der Waals surface area contributed by atoms with Gasteiger partial charge in [-0.25, -0.2) is 0 Å². The minimum absolute atomic E-state index is 0.0997. The molecule has 0 amide bonds. The van der Waals surface area contributed by atoms with Gasteiger partial charge >= 0.3 is 0 Å². The summed E-state index contributed by atoms with van der Waals surface area (Å²) in [5.74, 6) is 0.246. The lowest BCUT2D eigenvalue weighted by molar-refractivity contribution is 0.181. The summed E-state index contributed by atoms with van der Waals surface area (Å²) in [7, 11) is -4.14. The van der Waals surface area contributed by atoms with Crippen LogP contribution in [-0.4, -0.2) is 37.0 Å². The Kier molecular flexibility index (Phi) is 4.57. The van der Waals surface area contributed by atoms with Gasteiger partial charge in [0.05, 0.1) is 4.90 Å². The second-order valence-corrected chi connectivity index (χ2v) is 8.15. The zero-order valence-corrected chi connectivity index (χ0v) is 14.0. The number of benzene rings is 1. The van der Waals surface area contributed by atoms with Crippen molar-refractivity contribution in [2.75, 3.05) is 13.1 Å². The molecule has 1 saturated carbocycles. The summed E-state index contributed by atoms with van der Waals surface area (Å²) in [6.07, 6.45) is 6.89. The Morgan fingerprint density at radius 1 is 1.09 bits per heavy atom. The van der Waals surface area contributed by atoms with Crippen molar-refractivity contribution < 1.29 is 13.0 Å². The smallest absolute Gasteiger partial charge is 0.294 e. The van der Waals surface area contributed by atoms with Crippen LogP contribution in [0.3, 0.4) is 0 Å². The highest BCUT2D eigenvalue weighted by Gasteiger charge is 2.30. The predicted molar refractivity (Wildman–Crippen MR) is 86.8 cm³/mol. The second-order valence-electron chi connectivity index (χ2n) is 6.76. The van der Waals surface area contributed by atoms with Crippen LogP contribution < -0.4 is 0 Å². The third kappa shape index (κ3) is 3.36. The van der Waals surface area contributed by atoms with Crippen LogP contribution in [0.2, 0.25) is 0 Å². The quantitative estimate of drug-likeness (QED) is 0.867. The maximum absolute atomic E-state index is 11.6. The molecule has 0 bridgehead atoms. The van der Waals surface area contributed by atoms with Gasteiger partial charge in [-0.05, 0) is 76.1 Å². The van der Waals surface area contributed by atoms with E-state index in [1.54, 1.807) is 12.1 Å². The first-order chi connectivity index (χ1) is 10.4. The molecule has 4 nitrogen and oxygen atoms in total. The van der Waals surface area contributed by atoms with Crippen molar-refractivity contribution in [3.05, 3.63) is 29.3 Å². The van der Waals surface area contributed by atoms with Gasteiger partial charge in [0.1, 0.15) is 0 Å². The molecule has 1 aliphatic carbocycles. The van der Waals surface area contributed by atoms with Gasteiger partial charge in [0.2, 0.25) is 0 Å². The van der Waals surface area contributed by atoms with Gasteiger partial charge in [0.25, 0.3) is 10.1 Å². The number of nitrogens with zero attached hydrogens (tertiary/aromatic N) is 1. The van der Waals surface area contributed by atoms with Gasteiger partial charge < -0.3 is 4.90 Å². The SMILES string of the molecule is Cc1ccc(S(=O)(=O)O)c(C2CCC(N3CCCC3)CC2)c1. The summed E-state index contributed by atoms with van der Waals surface area (Å²) in [5.41, 5.74) is 1.85. The Morgan fingerprint density at radius 2 is 1.73 bits per heavy atom. The minimum Gasteiger partial charge on any atom is -0.300 e. The fourth-order valence-corrected chi connectivity index (χ4v) is 4.84. The molecule has 0 unspecified atom stereocenters. The van der Waals surface area contributed by atoms with Crippen LogP contribution in [0.1, 0.15) is 55.6 Å². The van der Waals surface area contributed by atoms with E-state index in [-0.39, 0.29) is 10.8 Å². The topological polar surface area (TPSA) is 57.6 Å². The molecule has 0 spiro atoms. The predicted octanol–water partition coefficient (Wildman–Crippen LogP) is 3.36. The Labute approximate surface area is 133 Å². The molecule has 3 rings (SSSR count). The molecule has 2 fully saturated rings. The molecule has 122 valence electrons. The molecule has 0 radical (unpaired) electrons. The summed E-state index contributed by atoms with van der Waals surface area (Å²) in [5, 5.41) is 0. The van der Waals surface area contributed by atoms with Crippen molar-refractivity contribution in [3.63, 3.8) is 0 Å². The molecule has 0 aromatic heterocycles. The van der Waals surface area contributed by atoms with Gasteiger partial charge in [-0.1, -0.05) is 17.7 Å². The summed E-state index contributed by atoms with van der Waals surface area (Å²) >= 11 is 0. The maximum atomic E-state index is 11.6. The maximum Gasteiger partial charge on any atom is 0.294 e. The number of likely N-dealkylation sites (tertiary alicyclic amines) is 1. The van der Waals surface area contributed by atoms with Crippen LogP contribution >= 0.6 is 0 Å². The van der Waals surface area contributed by atoms with E-state index in [1.165, 1.54) is 25.9 Å². The molecule has 1 N–H and O–H groups in total. The van der Waals surface area contributed by atoms with Crippen molar-refractivity contribution in [1.82, 2.24) is 4.90 Å². The molecule has 1 saturated heterocycles. The zero-order chi connectivity index (χ0) is 15.7. The average Bonchev–Trinajstić information content (AvgIpc) is 3.00. The number of rotatable bonds is 3. The Bertz CT molecular complexity index is 627. The van der Waals surface area contributed by atoms with Crippen molar-refractivity contribution in [2.45, 2.75) is 62.3 Å². The third-order valence-corrected chi connectivity index (χ3v) is 6.16. The highest BCUT2D eigenvalue weighted by atomic mass is 32.2. The van der Waals surface area contributed by atoms with E-state index < -0.39 is 10.1 Å². The van der Waals surface area contributed by atoms with Crippen molar-refractivity contribution in [1.29, 1.82) is 0 Å². The van der Waals surface area contributed by atoms with Crippen LogP contribution in [-0.2, 0) is 10.1 Å². The molecule has 1 heterocycles. The standard InChI is InChI=1S/C17H25NO3S/c1-13-4-9-17(22(19,20)21)16(12-13)14-5-7-15(8-6-14)18-10-2-3-11-18/h4,9,12,14-15H,2-3,5-8,10-11H2,1H3,(H,19,20,21). The molecular formula is C17H25NO3S. The molecule has 1 aromatic carbocycles. The molecular weight excluding hydrogens is 298 g/mol. The molecule has 1 aliphatic heterocycles. The first kappa shape index (κ1) is 16.0. The van der Waals surface area contributed by atoms with E-state index in [4.69, 9.17) is 0 Å². The summed E-state index contributed by atoms with van der Waals surface area (Å²) < 4.78 is 32.7. The largest absolute Gasteiger partial charge is 0.300 e. The second kappa shape index (κ2) is 6.30. The van der Waals surface area contributed by atoms with E-state index in [2.05, 4.69) is 4.90 Å². The van der Waals surface area contributed by atoms with E-state index in [0.29, 0.717) is 6.04 Å². The normalized spacial score (nSPS) is 27.2. The monoisotopic (exact) mass is 323 g/mol. The van der Waals surface area contributed by atoms with Crippen LogP contribution in [0, 0.1) is 6.92 Å². The summed E-state index contributed by atoms with van der Waals surface area (Å²) in [4.78, 5) is 2.69. The first-order valence-electron chi connectivity index (χ1n) is 8.27. The van der Waals surface area contributed by atoms with Gasteiger partial charge in [-0.2, -0.15) is 8.42 Å². The highest BCUT2D eigenvalue weighted by Crippen LogP contribution is 2.38. The Balaban J connectivity index is 1.77. The number of hydrogen-bond donors (Lipinski definition) is 1. The van der Waals surface area contributed by atoms with Crippen molar-refractivity contribution >= 4 is 10.1 Å². The zero-order valence-electron chi connectivity index (χ0n) is 13.2. The summed E-state index contributed by atoms with van der Waals surface area (Å²) in [6, 6.07) is 5.90. The first-order valence-corrected chi connectivity index (χ1v) is 9.71. The molecule has 22 heavy (non-hydrogen) atoms. The van der Waals surface area contributed by atoms with Gasteiger partial charge in [-0.15, -0.1) is 0 Å². The Hall–Kier alpha value is -0.910. The Morgan fingerprint density at radius 3 is 2.32 bits per heavy atom. The highest BCUT2D eigenvalue weighted by molar-refractivity contribution is 7.85. The van der Waals surface area contributed by atoms with Gasteiger partial charge in [0.15, 0.2) is 0 Å². The van der Waals surface area contributed by atoms with E-state index in [9.17, 15) is 13.0 Å². The third-order valence-electron chi connectivity index (χ3n) is 5.24. The summed E-state index contributed by atoms with van der Waals surface area (Å²) in [6.45, 7) is 4.40.